The zero-order valence-corrected chi connectivity index (χ0v) is 26.0. The van der Waals surface area contributed by atoms with Crippen LogP contribution in [-0.4, -0.2) is 64.4 Å². The second kappa shape index (κ2) is 13.5. The van der Waals surface area contributed by atoms with E-state index in [1.807, 2.05) is 0 Å². The molecule has 3 aromatic heterocycles. The van der Waals surface area contributed by atoms with Crippen molar-refractivity contribution in [2.45, 2.75) is 58.2 Å². The van der Waals surface area contributed by atoms with E-state index >= 15 is 0 Å². The molecule has 17 heteroatoms. The number of aromatic nitrogens is 3. The summed E-state index contributed by atoms with van der Waals surface area (Å²) in [5.41, 5.74) is -4.41. The fourth-order valence-electron chi connectivity index (χ4n) is 3.54. The number of carbonyl (C=O) groups excluding carboxylic acids is 3. The van der Waals surface area contributed by atoms with Crippen molar-refractivity contribution in [3.8, 4) is 0 Å². The number of phosphoric acid groups is 1. The molecule has 0 aliphatic carbocycles. The highest BCUT2D eigenvalue weighted by atomic mass is 31.2. The summed E-state index contributed by atoms with van der Waals surface area (Å²) in [7, 11) is -5.16. The van der Waals surface area contributed by atoms with E-state index < -0.39 is 41.8 Å². The van der Waals surface area contributed by atoms with Gasteiger partial charge < -0.3 is 0 Å². The first-order valence-corrected chi connectivity index (χ1v) is 14.6. The summed E-state index contributed by atoms with van der Waals surface area (Å²) in [6.45, 7) is 8.30. The molecule has 44 heavy (non-hydrogen) atoms. The van der Waals surface area contributed by atoms with E-state index in [2.05, 4.69) is 15.0 Å². The molecule has 0 atom stereocenters. The summed E-state index contributed by atoms with van der Waals surface area (Å²) in [5.74, 6) is 16.7. The van der Waals surface area contributed by atoms with Crippen molar-refractivity contribution < 1.29 is 32.8 Å². The maximum absolute atomic E-state index is 14.3. The molecular weight excluding hydrogens is 593 g/mol. The number of carbonyl (C=O) groups is 3. The monoisotopic (exact) mass is 629 g/mol. The first kappa shape index (κ1) is 34.8. The summed E-state index contributed by atoms with van der Waals surface area (Å²) in [6, 6.07) is 8.72. The van der Waals surface area contributed by atoms with Gasteiger partial charge in [0.2, 0.25) is 0 Å². The Kier molecular flexibility index (Phi) is 10.7. The summed E-state index contributed by atoms with van der Waals surface area (Å²) < 4.78 is 30.6. The summed E-state index contributed by atoms with van der Waals surface area (Å²) in [4.78, 5) is 51.5. The molecule has 3 rings (SSSR count). The van der Waals surface area contributed by atoms with Crippen LogP contribution < -0.4 is 17.5 Å². The molecule has 0 unspecified atom stereocenters. The van der Waals surface area contributed by atoms with Gasteiger partial charge in [0.1, 0.15) is 16.6 Å². The second-order valence-electron chi connectivity index (χ2n) is 11.0. The van der Waals surface area contributed by atoms with E-state index in [1.54, 1.807) is 0 Å². The van der Waals surface area contributed by atoms with Gasteiger partial charge in [-0.15, -0.1) is 15.5 Å². The van der Waals surface area contributed by atoms with E-state index in [9.17, 15) is 18.9 Å². The SMILES string of the molecule is CC(C)(C(=O)c1ccncc1)N(N)OP(=O)(ON(N)C(C)(C)C(=O)c1ccncc1)ON(N)C(C)(C)C(=O)c1ccncc1. The number of nitrogens with two attached hydrogens (primary N) is 3. The molecule has 0 radical (unpaired) electrons. The van der Waals surface area contributed by atoms with Gasteiger partial charge in [-0.2, -0.15) is 13.9 Å². The minimum absolute atomic E-state index is 0.217. The van der Waals surface area contributed by atoms with Crippen molar-refractivity contribution in [2.24, 2.45) is 17.5 Å². The summed E-state index contributed by atoms with van der Waals surface area (Å²) in [6.07, 6.45) is 8.44. The lowest BCUT2D eigenvalue weighted by atomic mass is 9.94. The van der Waals surface area contributed by atoms with Crippen LogP contribution in [0.25, 0.3) is 0 Å². The van der Waals surface area contributed by atoms with Crippen molar-refractivity contribution in [2.75, 3.05) is 0 Å². The lowest BCUT2D eigenvalue weighted by Crippen LogP contribution is -2.57. The minimum atomic E-state index is -5.16. The van der Waals surface area contributed by atoms with E-state index in [0.717, 1.165) is 0 Å². The van der Waals surface area contributed by atoms with Crippen LogP contribution in [0.15, 0.2) is 73.6 Å². The van der Waals surface area contributed by atoms with Gasteiger partial charge in [-0.25, -0.2) is 22.1 Å². The van der Waals surface area contributed by atoms with Gasteiger partial charge >= 0.3 is 7.82 Å². The molecule has 0 aliphatic heterocycles. The fourth-order valence-corrected chi connectivity index (χ4v) is 4.89. The first-order chi connectivity index (χ1) is 20.4. The van der Waals surface area contributed by atoms with Crippen LogP contribution in [-0.2, 0) is 18.4 Å². The standard InChI is InChI=1S/C27H36N9O7P/c1-25(2,22(37)19-7-13-31-14-8-19)34(28)41-44(40,42-35(29)26(3,4)23(38)20-9-15-32-16-10-20)43-36(30)27(5,6)24(39)21-11-17-33-18-12-21/h7-18H,28-30H2,1-6H3. The molecule has 6 N–H and O–H groups in total. The molecule has 3 aromatic rings. The van der Waals surface area contributed by atoms with Crippen LogP contribution >= 0.6 is 7.82 Å². The Balaban J connectivity index is 1.95. The zero-order valence-electron chi connectivity index (χ0n) is 25.1. The third kappa shape index (κ3) is 7.69. The molecule has 16 nitrogen and oxygen atoms in total. The van der Waals surface area contributed by atoms with Crippen LogP contribution in [0.3, 0.4) is 0 Å². The van der Waals surface area contributed by atoms with E-state index in [4.69, 9.17) is 31.4 Å². The first-order valence-electron chi connectivity index (χ1n) is 13.1. The Morgan fingerprint density at radius 2 is 0.750 bits per heavy atom. The molecule has 0 fully saturated rings. The summed E-state index contributed by atoms with van der Waals surface area (Å²) >= 11 is 0. The van der Waals surface area contributed by atoms with Crippen molar-refractivity contribution in [1.29, 1.82) is 0 Å². The third-order valence-electron chi connectivity index (χ3n) is 6.71. The van der Waals surface area contributed by atoms with Gasteiger partial charge in [-0.1, -0.05) is 0 Å². The molecule has 3 heterocycles. The van der Waals surface area contributed by atoms with Crippen LogP contribution in [0.2, 0.25) is 0 Å². The van der Waals surface area contributed by atoms with Gasteiger partial charge in [-0.3, -0.25) is 29.3 Å². The highest BCUT2D eigenvalue weighted by molar-refractivity contribution is 7.48. The van der Waals surface area contributed by atoms with E-state index in [1.165, 1.54) is 115 Å². The Labute approximate surface area is 254 Å². The van der Waals surface area contributed by atoms with Crippen molar-refractivity contribution in [1.82, 2.24) is 30.5 Å². The van der Waals surface area contributed by atoms with Gasteiger partial charge in [0.25, 0.3) is 0 Å². The van der Waals surface area contributed by atoms with Crippen molar-refractivity contribution >= 4 is 25.2 Å². The van der Waals surface area contributed by atoms with Gasteiger partial charge in [0, 0.05) is 53.9 Å². The molecule has 0 spiro atoms. The maximum atomic E-state index is 14.3. The lowest BCUT2D eigenvalue weighted by molar-refractivity contribution is -0.229. The van der Waals surface area contributed by atoms with E-state index in [-0.39, 0.29) is 16.7 Å². The van der Waals surface area contributed by atoms with Gasteiger partial charge in [0.05, 0.1) is 0 Å². The molecule has 0 bridgehead atoms. The van der Waals surface area contributed by atoms with Crippen molar-refractivity contribution in [3.63, 3.8) is 0 Å². The Morgan fingerprint density at radius 3 is 0.955 bits per heavy atom. The molecule has 236 valence electrons. The highest BCUT2D eigenvalue weighted by Gasteiger charge is 2.49. The van der Waals surface area contributed by atoms with Crippen molar-refractivity contribution in [3.05, 3.63) is 90.3 Å². The van der Waals surface area contributed by atoms with Crippen LogP contribution in [0.4, 0.5) is 0 Å². The number of ketones is 3. The average Bonchev–Trinajstić information content (AvgIpc) is 3.00. The number of Topliss-reactive ketones (excluding diaryl/α,β-unsaturated/α-hetero) is 3. The highest BCUT2D eigenvalue weighted by Crippen LogP contribution is 2.53. The normalized spacial score (nSPS) is 13.0. The number of pyridine rings is 3. The van der Waals surface area contributed by atoms with Crippen LogP contribution in [0.5, 0.6) is 0 Å². The number of hydrogen-bond donors (Lipinski definition) is 3. The molecule has 0 saturated carbocycles. The number of rotatable bonds is 15. The number of nitrogens with zero attached hydrogens (tertiary/aromatic N) is 6. The molecule has 0 aromatic carbocycles. The van der Waals surface area contributed by atoms with E-state index in [0.29, 0.717) is 15.5 Å². The topological polar surface area (TPSA) is 222 Å². The number of hydrogen-bond acceptors (Lipinski definition) is 16. The largest absolute Gasteiger partial charge is 0.528 e. The second-order valence-corrected chi connectivity index (χ2v) is 12.4. The minimum Gasteiger partial charge on any atom is -0.292 e. The maximum Gasteiger partial charge on any atom is 0.528 e. The van der Waals surface area contributed by atoms with Gasteiger partial charge in [0.15, 0.2) is 17.3 Å². The zero-order chi connectivity index (χ0) is 32.9. The number of hydrazine groups is 3. The Bertz CT molecular complexity index is 1330. The third-order valence-corrected chi connectivity index (χ3v) is 7.84. The van der Waals surface area contributed by atoms with Crippen LogP contribution in [0.1, 0.15) is 72.6 Å². The lowest BCUT2D eigenvalue weighted by Gasteiger charge is -2.39. The molecule has 0 amide bonds. The molecular formula is C27H36N9O7P. The Hall–Kier alpha value is -3.67. The average molecular weight is 630 g/mol. The predicted octanol–water partition coefficient (Wildman–Crippen LogP) is 2.59. The van der Waals surface area contributed by atoms with Gasteiger partial charge in [-0.05, 0) is 77.9 Å². The van der Waals surface area contributed by atoms with Crippen LogP contribution in [0, 0.1) is 0 Å². The quantitative estimate of drug-likeness (QED) is 0.0951. The Morgan fingerprint density at radius 1 is 0.545 bits per heavy atom. The summed E-state index contributed by atoms with van der Waals surface area (Å²) in [5, 5.41) is 1.36. The molecule has 0 aliphatic rings. The smallest absolute Gasteiger partial charge is 0.292 e. The number of hydroxylamine groups is 3. The fraction of sp³-hybridized carbons (Fsp3) is 0.333. The molecule has 0 saturated heterocycles. The predicted molar refractivity (Wildman–Crippen MR) is 157 cm³/mol.